The van der Waals surface area contributed by atoms with Crippen LogP contribution in [0.4, 0.5) is 0 Å². The van der Waals surface area contributed by atoms with E-state index in [0.29, 0.717) is 12.2 Å². The lowest BCUT2D eigenvalue weighted by Crippen LogP contribution is -2.48. The Balaban J connectivity index is 1.87. The van der Waals surface area contributed by atoms with Crippen molar-refractivity contribution in [3.8, 4) is 0 Å². The summed E-state index contributed by atoms with van der Waals surface area (Å²) in [4.78, 5) is 29.0. The number of benzene rings is 1. The molecule has 2 heterocycles. The van der Waals surface area contributed by atoms with E-state index in [9.17, 15) is 9.59 Å². The number of piperidine rings is 1. The molecule has 0 spiro atoms. The van der Waals surface area contributed by atoms with E-state index in [1.54, 1.807) is 4.90 Å². The molecule has 0 radical (unpaired) electrons. The first-order valence-electron chi connectivity index (χ1n) is 7.24. The van der Waals surface area contributed by atoms with Crippen molar-refractivity contribution in [3.05, 3.63) is 36.0 Å². The molecular formula is C16H19N3O2. The molecule has 3 N–H and O–H groups in total. The highest BCUT2D eigenvalue weighted by molar-refractivity contribution is 5.98. The number of nitrogens with two attached hydrogens (primary N) is 1. The SMILES string of the molecule is CC1CCC(C(N)=O)CN1C(=O)c1cc2ccccc2[nH]1. The van der Waals surface area contributed by atoms with Crippen molar-refractivity contribution >= 4 is 22.7 Å². The summed E-state index contributed by atoms with van der Waals surface area (Å²) in [5.74, 6) is -0.629. The second-order valence-electron chi connectivity index (χ2n) is 5.75. The highest BCUT2D eigenvalue weighted by Crippen LogP contribution is 2.24. The van der Waals surface area contributed by atoms with E-state index >= 15 is 0 Å². The third-order valence-corrected chi connectivity index (χ3v) is 4.31. The average molecular weight is 285 g/mol. The molecule has 1 aliphatic rings. The van der Waals surface area contributed by atoms with Gasteiger partial charge in [-0.1, -0.05) is 18.2 Å². The number of aromatic nitrogens is 1. The predicted molar refractivity (Wildman–Crippen MR) is 80.7 cm³/mol. The van der Waals surface area contributed by atoms with Crippen LogP contribution in [0.25, 0.3) is 10.9 Å². The van der Waals surface area contributed by atoms with Crippen LogP contribution >= 0.6 is 0 Å². The van der Waals surface area contributed by atoms with E-state index in [-0.39, 0.29) is 23.8 Å². The average Bonchev–Trinajstić information content (AvgIpc) is 2.90. The largest absolute Gasteiger partial charge is 0.369 e. The van der Waals surface area contributed by atoms with E-state index in [0.717, 1.165) is 23.7 Å². The summed E-state index contributed by atoms with van der Waals surface area (Å²) in [6.45, 7) is 2.42. The van der Waals surface area contributed by atoms with E-state index in [1.807, 2.05) is 37.3 Å². The Hall–Kier alpha value is -2.30. The van der Waals surface area contributed by atoms with E-state index in [4.69, 9.17) is 5.73 Å². The molecule has 21 heavy (non-hydrogen) atoms. The Labute approximate surface area is 123 Å². The molecule has 1 aromatic heterocycles. The Kier molecular flexibility index (Phi) is 3.41. The minimum atomic E-state index is -0.323. The smallest absolute Gasteiger partial charge is 0.270 e. The van der Waals surface area contributed by atoms with E-state index in [2.05, 4.69) is 4.98 Å². The zero-order chi connectivity index (χ0) is 15.0. The summed E-state index contributed by atoms with van der Waals surface area (Å²) in [6.07, 6.45) is 1.56. The van der Waals surface area contributed by atoms with Gasteiger partial charge in [-0.25, -0.2) is 0 Å². The molecule has 0 saturated carbocycles. The van der Waals surface area contributed by atoms with Crippen molar-refractivity contribution in [2.24, 2.45) is 11.7 Å². The number of amides is 2. The molecule has 2 atom stereocenters. The van der Waals surface area contributed by atoms with Gasteiger partial charge in [-0.15, -0.1) is 0 Å². The molecule has 1 aliphatic heterocycles. The third kappa shape index (κ3) is 2.51. The van der Waals surface area contributed by atoms with E-state index in [1.165, 1.54) is 0 Å². The molecule has 3 rings (SSSR count). The van der Waals surface area contributed by atoms with E-state index < -0.39 is 0 Å². The summed E-state index contributed by atoms with van der Waals surface area (Å²) >= 11 is 0. The molecule has 5 nitrogen and oxygen atoms in total. The minimum Gasteiger partial charge on any atom is -0.369 e. The van der Waals surface area contributed by atoms with Crippen LogP contribution in [0.1, 0.15) is 30.3 Å². The molecule has 2 aromatic rings. The minimum absolute atomic E-state index is 0.0651. The summed E-state index contributed by atoms with van der Waals surface area (Å²) in [7, 11) is 0. The Bertz CT molecular complexity index is 659. The molecule has 1 aromatic carbocycles. The number of primary amides is 1. The maximum Gasteiger partial charge on any atom is 0.270 e. The highest BCUT2D eigenvalue weighted by atomic mass is 16.2. The van der Waals surface area contributed by atoms with Gasteiger partial charge in [-0.3, -0.25) is 9.59 Å². The molecular weight excluding hydrogens is 266 g/mol. The van der Waals surface area contributed by atoms with Gasteiger partial charge in [0.1, 0.15) is 5.69 Å². The van der Waals surface area contributed by atoms with Crippen LogP contribution in [0.5, 0.6) is 0 Å². The molecule has 1 fully saturated rings. The van der Waals surface area contributed by atoms with Crippen molar-refractivity contribution in [2.75, 3.05) is 6.54 Å². The van der Waals surface area contributed by atoms with Crippen LogP contribution < -0.4 is 5.73 Å². The number of para-hydroxylation sites is 1. The topological polar surface area (TPSA) is 79.2 Å². The number of carbonyl (C=O) groups is 2. The fraction of sp³-hybridized carbons (Fsp3) is 0.375. The summed E-state index contributed by atoms with van der Waals surface area (Å²) in [5, 5.41) is 1.01. The zero-order valence-corrected chi connectivity index (χ0v) is 12.0. The Morgan fingerprint density at radius 3 is 2.76 bits per heavy atom. The standard InChI is InChI=1S/C16H19N3O2/c1-10-6-7-12(15(17)20)9-19(10)16(21)14-8-11-4-2-3-5-13(11)18-14/h2-5,8,10,12,18H,6-7,9H2,1H3,(H2,17,20). The first-order chi connectivity index (χ1) is 10.1. The van der Waals surface area contributed by atoms with Crippen molar-refractivity contribution in [1.29, 1.82) is 0 Å². The predicted octanol–water partition coefficient (Wildman–Crippen LogP) is 1.89. The van der Waals surface area contributed by atoms with Gasteiger partial charge >= 0.3 is 0 Å². The lowest BCUT2D eigenvalue weighted by Gasteiger charge is -2.36. The maximum atomic E-state index is 12.7. The van der Waals surface area contributed by atoms with Gasteiger partial charge in [-0.05, 0) is 31.9 Å². The number of rotatable bonds is 2. The number of H-pyrrole nitrogens is 1. The Morgan fingerprint density at radius 2 is 2.05 bits per heavy atom. The lowest BCUT2D eigenvalue weighted by molar-refractivity contribution is -0.123. The Morgan fingerprint density at radius 1 is 1.29 bits per heavy atom. The van der Waals surface area contributed by atoms with Gasteiger partial charge in [-0.2, -0.15) is 0 Å². The summed E-state index contributed by atoms with van der Waals surface area (Å²) in [5.41, 5.74) is 6.90. The fourth-order valence-electron chi connectivity index (χ4n) is 2.97. The number of aromatic amines is 1. The highest BCUT2D eigenvalue weighted by Gasteiger charge is 2.32. The van der Waals surface area contributed by atoms with Crippen molar-refractivity contribution in [1.82, 2.24) is 9.88 Å². The number of hydrogen-bond acceptors (Lipinski definition) is 2. The van der Waals surface area contributed by atoms with Crippen LogP contribution in [0.2, 0.25) is 0 Å². The van der Waals surface area contributed by atoms with Gasteiger partial charge < -0.3 is 15.6 Å². The number of likely N-dealkylation sites (tertiary alicyclic amines) is 1. The molecule has 1 saturated heterocycles. The summed E-state index contributed by atoms with van der Waals surface area (Å²) in [6, 6.07) is 9.76. The van der Waals surface area contributed by atoms with Crippen molar-refractivity contribution in [2.45, 2.75) is 25.8 Å². The molecule has 2 unspecified atom stereocenters. The molecule has 0 aliphatic carbocycles. The monoisotopic (exact) mass is 285 g/mol. The molecule has 5 heteroatoms. The van der Waals surface area contributed by atoms with Gasteiger partial charge in [0.15, 0.2) is 0 Å². The number of nitrogens with one attached hydrogen (secondary N) is 1. The number of nitrogens with zero attached hydrogens (tertiary/aromatic N) is 1. The lowest BCUT2D eigenvalue weighted by atomic mass is 9.92. The van der Waals surface area contributed by atoms with Gasteiger partial charge in [0.2, 0.25) is 5.91 Å². The van der Waals surface area contributed by atoms with Crippen LogP contribution in [-0.4, -0.2) is 34.3 Å². The normalized spacial score (nSPS) is 22.4. The van der Waals surface area contributed by atoms with Crippen molar-refractivity contribution < 1.29 is 9.59 Å². The fourth-order valence-corrected chi connectivity index (χ4v) is 2.97. The van der Waals surface area contributed by atoms with Gasteiger partial charge in [0.25, 0.3) is 5.91 Å². The molecule has 2 amide bonds. The number of carbonyl (C=O) groups excluding carboxylic acids is 2. The van der Waals surface area contributed by atoms with Crippen molar-refractivity contribution in [3.63, 3.8) is 0 Å². The zero-order valence-electron chi connectivity index (χ0n) is 12.0. The van der Waals surface area contributed by atoms with Crippen LogP contribution in [0.3, 0.4) is 0 Å². The van der Waals surface area contributed by atoms with Crippen LogP contribution in [0.15, 0.2) is 30.3 Å². The maximum absolute atomic E-state index is 12.7. The number of hydrogen-bond donors (Lipinski definition) is 2. The van der Waals surface area contributed by atoms with Crippen LogP contribution in [0, 0.1) is 5.92 Å². The second-order valence-corrected chi connectivity index (χ2v) is 5.75. The first kappa shape index (κ1) is 13.7. The second kappa shape index (κ2) is 5.24. The van der Waals surface area contributed by atoms with Gasteiger partial charge in [0, 0.05) is 23.5 Å². The number of fused-ring (bicyclic) bond motifs is 1. The third-order valence-electron chi connectivity index (χ3n) is 4.31. The first-order valence-corrected chi connectivity index (χ1v) is 7.24. The van der Waals surface area contributed by atoms with Crippen LogP contribution in [-0.2, 0) is 4.79 Å². The quantitative estimate of drug-likeness (QED) is 0.883. The summed E-state index contributed by atoms with van der Waals surface area (Å²) < 4.78 is 0. The van der Waals surface area contributed by atoms with Gasteiger partial charge in [0.05, 0.1) is 5.92 Å². The molecule has 0 bridgehead atoms. The molecule has 110 valence electrons.